The fourth-order valence-electron chi connectivity index (χ4n) is 5.37. The molecule has 0 fully saturated rings. The fraction of sp³-hybridized carbons (Fsp3) is 0.333. The number of para-hydroxylation sites is 1. The third kappa shape index (κ3) is 9.04. The summed E-state index contributed by atoms with van der Waals surface area (Å²) in [7, 11) is 3.51. The number of hydrogen-bond acceptors (Lipinski definition) is 6. The van der Waals surface area contributed by atoms with E-state index >= 15 is 0 Å². The number of carbonyl (C=O) groups excluding carboxylic acids is 4. The maximum atomic E-state index is 14.0. The van der Waals surface area contributed by atoms with Crippen molar-refractivity contribution in [2.75, 3.05) is 13.7 Å². The maximum Gasteiger partial charge on any atom is 0.408 e. The average Bonchev–Trinajstić information content (AvgIpc) is 3.37. The van der Waals surface area contributed by atoms with E-state index in [0.29, 0.717) is 17.7 Å². The second-order valence-corrected chi connectivity index (χ2v) is 11.5. The highest BCUT2D eigenvalue weighted by molar-refractivity contribution is 6.40. The molecule has 236 valence electrons. The Bertz CT molecular complexity index is 1610. The van der Waals surface area contributed by atoms with Crippen molar-refractivity contribution >= 4 is 34.5 Å². The van der Waals surface area contributed by atoms with Gasteiger partial charge in [0.05, 0.1) is 19.1 Å². The molecular weight excluding hydrogens is 570 g/mol. The lowest BCUT2D eigenvalue weighted by atomic mass is 9.85. The van der Waals surface area contributed by atoms with Crippen molar-refractivity contribution in [3.8, 4) is 5.75 Å². The van der Waals surface area contributed by atoms with Crippen LogP contribution in [0.2, 0.25) is 0 Å². The number of rotatable bonds is 15. The zero-order valence-electron chi connectivity index (χ0n) is 26.2. The number of aryl methyl sites for hydroxylation is 1. The maximum absolute atomic E-state index is 14.0. The van der Waals surface area contributed by atoms with Gasteiger partial charge in [0.15, 0.2) is 5.78 Å². The highest BCUT2D eigenvalue weighted by Crippen LogP contribution is 2.22. The Labute approximate surface area is 263 Å². The van der Waals surface area contributed by atoms with E-state index in [-0.39, 0.29) is 31.9 Å². The van der Waals surface area contributed by atoms with E-state index < -0.39 is 35.5 Å². The number of carbonyl (C=O) groups is 4. The molecule has 4 aromatic rings. The van der Waals surface area contributed by atoms with Crippen molar-refractivity contribution in [3.05, 3.63) is 102 Å². The molecule has 9 heteroatoms. The van der Waals surface area contributed by atoms with E-state index in [9.17, 15) is 19.2 Å². The third-order valence-corrected chi connectivity index (χ3v) is 7.70. The predicted molar refractivity (Wildman–Crippen MR) is 173 cm³/mol. The van der Waals surface area contributed by atoms with Crippen LogP contribution in [0.15, 0.2) is 85.1 Å². The summed E-state index contributed by atoms with van der Waals surface area (Å²) in [5.74, 6) is -2.89. The Balaban J connectivity index is 1.49. The number of ketones is 2. The average molecular weight is 612 g/mol. The summed E-state index contributed by atoms with van der Waals surface area (Å²) in [6, 6.07) is 23.1. The van der Waals surface area contributed by atoms with Crippen molar-refractivity contribution < 1.29 is 28.7 Å². The van der Waals surface area contributed by atoms with Crippen LogP contribution < -0.4 is 15.4 Å². The number of Topliss-reactive ketones (excluding diaryl/α,β-unsaturated/α-hetero) is 2. The minimum absolute atomic E-state index is 0.00621. The summed E-state index contributed by atoms with van der Waals surface area (Å²) in [4.78, 5) is 53.6. The van der Waals surface area contributed by atoms with Gasteiger partial charge in [0.1, 0.15) is 12.4 Å². The number of ether oxygens (including phenoxy) is 2. The summed E-state index contributed by atoms with van der Waals surface area (Å²) >= 11 is 0. The Hall–Kier alpha value is -4.92. The molecule has 45 heavy (non-hydrogen) atoms. The Morgan fingerprint density at radius 3 is 2.24 bits per heavy atom. The molecule has 0 spiro atoms. The van der Waals surface area contributed by atoms with Crippen molar-refractivity contribution in [1.29, 1.82) is 0 Å². The molecule has 9 nitrogen and oxygen atoms in total. The van der Waals surface area contributed by atoms with E-state index in [0.717, 1.165) is 22.0 Å². The van der Waals surface area contributed by atoms with Crippen molar-refractivity contribution in [3.63, 3.8) is 0 Å². The van der Waals surface area contributed by atoms with Crippen molar-refractivity contribution in [1.82, 2.24) is 15.2 Å². The number of nitrogens with zero attached hydrogens (tertiary/aromatic N) is 1. The van der Waals surface area contributed by atoms with Gasteiger partial charge in [0.25, 0.3) is 5.91 Å². The topological polar surface area (TPSA) is 116 Å². The van der Waals surface area contributed by atoms with Crippen LogP contribution in [0, 0.1) is 11.8 Å². The largest absolute Gasteiger partial charge is 0.497 e. The summed E-state index contributed by atoms with van der Waals surface area (Å²) in [5.41, 5.74) is 3.60. The number of methoxy groups -OCH3 is 1. The molecule has 2 atom stereocenters. The molecule has 0 aliphatic carbocycles. The monoisotopic (exact) mass is 611 g/mol. The second kappa shape index (κ2) is 15.7. The van der Waals surface area contributed by atoms with E-state index in [1.807, 2.05) is 86.3 Å². The zero-order valence-corrected chi connectivity index (χ0v) is 26.2. The van der Waals surface area contributed by atoms with E-state index in [2.05, 4.69) is 10.6 Å². The highest BCUT2D eigenvalue weighted by Gasteiger charge is 2.37. The summed E-state index contributed by atoms with van der Waals surface area (Å²) in [5, 5.41) is 6.46. The molecule has 0 saturated heterocycles. The number of benzene rings is 3. The van der Waals surface area contributed by atoms with E-state index in [1.165, 1.54) is 0 Å². The van der Waals surface area contributed by atoms with Crippen LogP contribution in [0.3, 0.4) is 0 Å². The number of fused-ring (bicyclic) bond motifs is 1. The molecule has 0 aliphatic heterocycles. The first kappa shape index (κ1) is 33.0. The van der Waals surface area contributed by atoms with Crippen LogP contribution in [0.1, 0.15) is 37.0 Å². The van der Waals surface area contributed by atoms with Gasteiger partial charge in [-0.1, -0.05) is 74.5 Å². The zero-order chi connectivity index (χ0) is 32.3. The molecule has 4 rings (SSSR count). The van der Waals surface area contributed by atoms with Crippen LogP contribution in [0.5, 0.6) is 5.75 Å². The molecule has 0 saturated carbocycles. The molecule has 3 aromatic carbocycles. The quantitative estimate of drug-likeness (QED) is 0.141. The standard InChI is InChI=1S/C36H41N3O6/c1-24(2)20-31(38-36(43)45-23-26-10-6-5-7-11-26)33(40)30(21-25-14-16-28(44-4)17-15-25)34(41)35(42)37-19-18-27-22-39(3)32-13-9-8-12-29(27)32/h5-17,22,24,30-31H,18-21,23H2,1-4H3,(H,37,42)(H,38,43). The number of alkyl carbamates (subject to hydrolysis) is 1. The fourth-order valence-corrected chi connectivity index (χ4v) is 5.37. The molecule has 2 unspecified atom stereocenters. The van der Waals surface area contributed by atoms with Gasteiger partial charge in [0.2, 0.25) is 5.78 Å². The molecule has 0 radical (unpaired) electrons. The first-order valence-electron chi connectivity index (χ1n) is 15.1. The number of amides is 2. The van der Waals surface area contributed by atoms with Crippen LogP contribution >= 0.6 is 0 Å². The van der Waals surface area contributed by atoms with Gasteiger partial charge in [-0.3, -0.25) is 14.4 Å². The molecule has 0 bridgehead atoms. The van der Waals surface area contributed by atoms with Gasteiger partial charge in [-0.05, 0) is 60.1 Å². The summed E-state index contributed by atoms with van der Waals surface area (Å²) in [6.07, 6.45) is 2.02. The van der Waals surface area contributed by atoms with Crippen LogP contribution in [0.4, 0.5) is 4.79 Å². The lowest BCUT2D eigenvalue weighted by molar-refractivity contribution is -0.144. The van der Waals surface area contributed by atoms with Gasteiger partial charge in [-0.2, -0.15) is 0 Å². The molecule has 1 heterocycles. The van der Waals surface area contributed by atoms with Crippen LogP contribution in [0.25, 0.3) is 10.9 Å². The number of hydrogen-bond donors (Lipinski definition) is 2. The minimum atomic E-state index is -1.31. The van der Waals surface area contributed by atoms with Gasteiger partial charge in [-0.25, -0.2) is 4.79 Å². The second-order valence-electron chi connectivity index (χ2n) is 11.5. The summed E-state index contributed by atoms with van der Waals surface area (Å²) in [6.45, 7) is 4.08. The first-order chi connectivity index (χ1) is 21.7. The molecule has 2 N–H and O–H groups in total. The smallest absolute Gasteiger partial charge is 0.408 e. The lowest BCUT2D eigenvalue weighted by Gasteiger charge is -2.24. The SMILES string of the molecule is COc1ccc(CC(C(=O)C(=O)NCCc2cn(C)c3ccccc23)C(=O)C(CC(C)C)NC(=O)OCc2ccccc2)cc1. The van der Waals surface area contributed by atoms with Crippen molar-refractivity contribution in [2.24, 2.45) is 18.9 Å². The first-order valence-corrected chi connectivity index (χ1v) is 15.1. The van der Waals surface area contributed by atoms with E-state index in [1.54, 1.807) is 31.4 Å². The normalized spacial score (nSPS) is 12.4. The molecular formula is C36H41N3O6. The van der Waals surface area contributed by atoms with Gasteiger partial charge >= 0.3 is 6.09 Å². The Morgan fingerprint density at radius 1 is 0.867 bits per heavy atom. The number of nitrogens with one attached hydrogen (secondary N) is 2. The Kier molecular flexibility index (Phi) is 11.5. The van der Waals surface area contributed by atoms with Gasteiger partial charge < -0.3 is 24.7 Å². The third-order valence-electron chi connectivity index (χ3n) is 7.70. The predicted octanol–water partition coefficient (Wildman–Crippen LogP) is 5.18. The molecule has 2 amide bonds. The lowest BCUT2D eigenvalue weighted by Crippen LogP contribution is -2.49. The van der Waals surface area contributed by atoms with E-state index in [4.69, 9.17) is 9.47 Å². The van der Waals surface area contributed by atoms with Crippen LogP contribution in [-0.4, -0.2) is 47.8 Å². The molecule has 1 aromatic heterocycles. The summed E-state index contributed by atoms with van der Waals surface area (Å²) < 4.78 is 12.6. The highest BCUT2D eigenvalue weighted by atomic mass is 16.5. The van der Waals surface area contributed by atoms with Gasteiger partial charge in [-0.15, -0.1) is 0 Å². The van der Waals surface area contributed by atoms with Crippen LogP contribution in [-0.2, 0) is 45.6 Å². The van der Waals surface area contributed by atoms with Crippen molar-refractivity contribution in [2.45, 2.75) is 45.8 Å². The molecule has 0 aliphatic rings. The van der Waals surface area contributed by atoms with Gasteiger partial charge in [0, 0.05) is 30.7 Å². The Morgan fingerprint density at radius 2 is 1.56 bits per heavy atom. The number of aromatic nitrogens is 1. The minimum Gasteiger partial charge on any atom is -0.497 e.